The highest BCUT2D eigenvalue weighted by atomic mass is 32.2. The lowest BCUT2D eigenvalue weighted by molar-refractivity contribution is -0.113. The summed E-state index contributed by atoms with van der Waals surface area (Å²) in [6.07, 6.45) is 3.07. The zero-order valence-electron chi connectivity index (χ0n) is 9.74. The molecular weight excluding hydrogens is 254 g/mol. The van der Waals surface area contributed by atoms with E-state index in [1.165, 1.54) is 6.07 Å². The molecule has 0 aliphatic carbocycles. The topological polar surface area (TPSA) is 97.5 Å². The lowest BCUT2D eigenvalue weighted by atomic mass is 10.1. The van der Waals surface area contributed by atoms with Gasteiger partial charge in [-0.25, -0.2) is 0 Å². The molecule has 1 aromatic carbocycles. The van der Waals surface area contributed by atoms with E-state index in [2.05, 4.69) is 18.9 Å². The maximum Gasteiger partial charge on any atom is 0.294 e. The third-order valence-corrected chi connectivity index (χ3v) is 2.77. The molecule has 0 heterocycles. The van der Waals surface area contributed by atoms with Gasteiger partial charge >= 0.3 is 0 Å². The van der Waals surface area contributed by atoms with Gasteiger partial charge in [-0.05, 0) is 24.1 Å². The van der Waals surface area contributed by atoms with Crippen LogP contribution in [0, 0.1) is 0 Å². The van der Waals surface area contributed by atoms with Crippen LogP contribution in [-0.2, 0) is 21.3 Å². The number of carbonyl (C=O) groups is 1. The maximum absolute atomic E-state index is 10.8. The Morgan fingerprint density at radius 2 is 1.83 bits per heavy atom. The lowest BCUT2D eigenvalue weighted by Crippen LogP contribution is -2.04. The number of amides is 1. The number of nitrogens with two attached hydrogens (primary N) is 1. The average Bonchev–Trinajstić information content (AvgIpc) is 2.29. The molecular formula is C12H15NO4S. The van der Waals surface area contributed by atoms with Crippen molar-refractivity contribution >= 4 is 16.0 Å². The summed E-state index contributed by atoms with van der Waals surface area (Å²) in [4.78, 5) is 9.43. The fraction of sp³-hybridized carbons (Fsp3) is 0.0833. The Morgan fingerprint density at radius 1 is 1.33 bits per heavy atom. The van der Waals surface area contributed by atoms with E-state index in [9.17, 15) is 13.2 Å². The summed E-state index contributed by atoms with van der Waals surface area (Å²) in [5, 5.41) is 0. The van der Waals surface area contributed by atoms with Gasteiger partial charge in [0, 0.05) is 0 Å². The minimum atomic E-state index is -4.10. The summed E-state index contributed by atoms with van der Waals surface area (Å²) in [6.45, 7) is 6.59. The first-order chi connectivity index (χ1) is 8.32. The van der Waals surface area contributed by atoms with E-state index < -0.39 is 16.0 Å². The number of benzene rings is 1. The molecule has 1 rings (SSSR count). The fourth-order valence-corrected chi connectivity index (χ4v) is 1.81. The Labute approximate surface area is 106 Å². The molecule has 0 bridgehead atoms. The Kier molecular flexibility index (Phi) is 6.62. The Balaban J connectivity index is 0.000000494. The smallest absolute Gasteiger partial charge is 0.294 e. The summed E-state index contributed by atoms with van der Waals surface area (Å²) < 4.78 is 30.5. The number of primary amides is 1. The molecule has 3 N–H and O–H groups in total. The van der Waals surface area contributed by atoms with E-state index in [4.69, 9.17) is 4.55 Å². The van der Waals surface area contributed by atoms with Gasteiger partial charge in [-0.3, -0.25) is 9.35 Å². The van der Waals surface area contributed by atoms with Crippen LogP contribution in [0.25, 0.3) is 0 Å². The highest BCUT2D eigenvalue weighted by molar-refractivity contribution is 7.85. The van der Waals surface area contributed by atoms with Gasteiger partial charge in [0.05, 0.1) is 4.90 Å². The second-order valence-electron chi connectivity index (χ2n) is 3.18. The molecule has 0 aliphatic rings. The largest absolute Gasteiger partial charge is 0.366 e. The molecule has 0 saturated heterocycles. The van der Waals surface area contributed by atoms with Gasteiger partial charge in [-0.15, -0.1) is 6.58 Å². The van der Waals surface area contributed by atoms with Crippen LogP contribution < -0.4 is 5.73 Å². The van der Waals surface area contributed by atoms with Crippen molar-refractivity contribution in [3.8, 4) is 0 Å². The van der Waals surface area contributed by atoms with Crippen molar-refractivity contribution in [1.82, 2.24) is 0 Å². The molecule has 0 atom stereocenters. The van der Waals surface area contributed by atoms with E-state index in [0.717, 1.165) is 6.08 Å². The average molecular weight is 269 g/mol. The van der Waals surface area contributed by atoms with Crippen LogP contribution in [0.3, 0.4) is 0 Å². The molecule has 0 spiro atoms. The van der Waals surface area contributed by atoms with Gasteiger partial charge < -0.3 is 5.73 Å². The minimum Gasteiger partial charge on any atom is -0.366 e. The monoisotopic (exact) mass is 269 g/mol. The number of rotatable bonds is 4. The predicted octanol–water partition coefficient (Wildman–Crippen LogP) is 1.32. The molecule has 0 aromatic heterocycles. The SMILES string of the molecule is C=CC(N)=O.C=CCc1ccccc1S(=O)(=O)O. The van der Waals surface area contributed by atoms with E-state index >= 15 is 0 Å². The molecule has 18 heavy (non-hydrogen) atoms. The number of carbonyl (C=O) groups excluding carboxylic acids is 1. The van der Waals surface area contributed by atoms with Gasteiger partial charge in [0.15, 0.2) is 0 Å². The van der Waals surface area contributed by atoms with Crippen molar-refractivity contribution in [2.45, 2.75) is 11.3 Å². The summed E-state index contributed by atoms with van der Waals surface area (Å²) in [7, 11) is -4.10. The van der Waals surface area contributed by atoms with Crippen LogP contribution in [0.2, 0.25) is 0 Å². The number of hydrogen-bond donors (Lipinski definition) is 2. The Bertz CT molecular complexity index is 535. The van der Waals surface area contributed by atoms with E-state index in [-0.39, 0.29) is 4.90 Å². The van der Waals surface area contributed by atoms with Gasteiger partial charge in [-0.2, -0.15) is 8.42 Å². The highest BCUT2D eigenvalue weighted by Gasteiger charge is 2.12. The van der Waals surface area contributed by atoms with Gasteiger partial charge in [-0.1, -0.05) is 30.9 Å². The van der Waals surface area contributed by atoms with Gasteiger partial charge in [0.2, 0.25) is 5.91 Å². The molecule has 0 radical (unpaired) electrons. The number of hydrogen-bond acceptors (Lipinski definition) is 3. The fourth-order valence-electron chi connectivity index (χ4n) is 1.08. The first kappa shape index (κ1) is 16.1. The molecule has 1 aromatic rings. The molecule has 98 valence electrons. The van der Waals surface area contributed by atoms with E-state index in [1.807, 2.05) is 0 Å². The van der Waals surface area contributed by atoms with Crippen molar-refractivity contribution < 1.29 is 17.8 Å². The van der Waals surface area contributed by atoms with Crippen LogP contribution >= 0.6 is 0 Å². The second-order valence-corrected chi connectivity index (χ2v) is 4.57. The first-order valence-corrected chi connectivity index (χ1v) is 6.35. The molecule has 1 amide bonds. The second kappa shape index (κ2) is 7.41. The summed E-state index contributed by atoms with van der Waals surface area (Å²) in [5.74, 6) is -0.481. The highest BCUT2D eigenvalue weighted by Crippen LogP contribution is 2.15. The third-order valence-electron chi connectivity index (χ3n) is 1.82. The maximum atomic E-state index is 10.8. The van der Waals surface area contributed by atoms with Crippen molar-refractivity contribution in [3.05, 3.63) is 55.1 Å². The minimum absolute atomic E-state index is 0.0464. The Hall–Kier alpha value is -1.92. The molecule has 6 heteroatoms. The summed E-state index contributed by atoms with van der Waals surface area (Å²) in [5.41, 5.74) is 5.09. The van der Waals surface area contributed by atoms with Gasteiger partial charge in [0.1, 0.15) is 0 Å². The molecule has 0 aliphatic heterocycles. The third kappa shape index (κ3) is 5.97. The van der Waals surface area contributed by atoms with Crippen LogP contribution in [0.15, 0.2) is 54.5 Å². The zero-order chi connectivity index (χ0) is 14.2. The van der Waals surface area contributed by atoms with Crippen LogP contribution in [-0.4, -0.2) is 18.9 Å². The summed E-state index contributed by atoms with van der Waals surface area (Å²) >= 11 is 0. The first-order valence-electron chi connectivity index (χ1n) is 4.91. The summed E-state index contributed by atoms with van der Waals surface area (Å²) in [6, 6.07) is 6.29. The Morgan fingerprint density at radius 3 is 2.22 bits per heavy atom. The molecule has 0 fully saturated rings. The van der Waals surface area contributed by atoms with Crippen LogP contribution in [0.5, 0.6) is 0 Å². The van der Waals surface area contributed by atoms with Crippen LogP contribution in [0.1, 0.15) is 5.56 Å². The molecule has 0 unspecified atom stereocenters. The molecule has 5 nitrogen and oxygen atoms in total. The normalized spacial score (nSPS) is 9.83. The number of allylic oxidation sites excluding steroid dienone is 1. The standard InChI is InChI=1S/C9H10O3S.C3H5NO/c1-2-5-8-6-3-4-7-9(8)13(10,11)12;1-2-3(4)5/h2-4,6-7H,1,5H2,(H,10,11,12);2H,1H2,(H2,4,5). The quantitative estimate of drug-likeness (QED) is 0.489. The van der Waals surface area contributed by atoms with Crippen LogP contribution in [0.4, 0.5) is 0 Å². The molecule has 0 saturated carbocycles. The van der Waals surface area contributed by atoms with E-state index in [0.29, 0.717) is 12.0 Å². The van der Waals surface area contributed by atoms with Gasteiger partial charge in [0.25, 0.3) is 10.1 Å². The van der Waals surface area contributed by atoms with Crippen molar-refractivity contribution in [2.75, 3.05) is 0 Å². The van der Waals surface area contributed by atoms with E-state index in [1.54, 1.807) is 24.3 Å². The van der Waals surface area contributed by atoms with Crippen molar-refractivity contribution in [3.63, 3.8) is 0 Å². The van der Waals surface area contributed by atoms with Crippen molar-refractivity contribution in [1.29, 1.82) is 0 Å². The lowest BCUT2D eigenvalue weighted by Gasteiger charge is -2.02. The zero-order valence-corrected chi connectivity index (χ0v) is 10.6. The van der Waals surface area contributed by atoms with Crippen molar-refractivity contribution in [2.24, 2.45) is 5.73 Å². The predicted molar refractivity (Wildman–Crippen MR) is 69.5 cm³/mol.